The van der Waals surface area contributed by atoms with Crippen LogP contribution in [0.25, 0.3) is 0 Å². The van der Waals surface area contributed by atoms with Gasteiger partial charge in [0, 0.05) is 12.5 Å². The number of ketones is 1. The molecule has 164 valence electrons. The number of hydrogen-bond donors (Lipinski definition) is 0. The number of rotatable bonds is 4. The lowest BCUT2D eigenvalue weighted by Crippen LogP contribution is -2.53. The van der Waals surface area contributed by atoms with Gasteiger partial charge in [-0.05, 0) is 91.1 Å². The Kier molecular flexibility index (Phi) is 4.81. The number of fused-ring (bicyclic) bond motifs is 8. The summed E-state index contributed by atoms with van der Waals surface area (Å²) in [4.78, 5) is 23.9. The van der Waals surface area contributed by atoms with E-state index < -0.39 is 0 Å². The van der Waals surface area contributed by atoms with Crippen LogP contribution in [-0.2, 0) is 19.1 Å². The van der Waals surface area contributed by atoms with E-state index in [0.717, 1.165) is 6.42 Å². The van der Waals surface area contributed by atoms with Crippen molar-refractivity contribution in [2.24, 2.45) is 40.4 Å². The van der Waals surface area contributed by atoms with Crippen molar-refractivity contribution in [3.05, 3.63) is 23.8 Å². The monoisotopic (exact) mass is 412 g/mol. The predicted molar refractivity (Wildman–Crippen MR) is 115 cm³/mol. The highest BCUT2D eigenvalue weighted by molar-refractivity contribution is 5.92. The highest BCUT2D eigenvalue weighted by Crippen LogP contribution is 2.70. The van der Waals surface area contributed by atoms with E-state index in [-0.39, 0.29) is 17.5 Å². The summed E-state index contributed by atoms with van der Waals surface area (Å²) in [5.74, 6) is 2.99. The Morgan fingerprint density at radius 2 is 2.07 bits per heavy atom. The minimum atomic E-state index is -0.228. The van der Waals surface area contributed by atoms with Crippen molar-refractivity contribution in [3.8, 4) is 0 Å². The first-order valence-electron chi connectivity index (χ1n) is 12.0. The van der Waals surface area contributed by atoms with Gasteiger partial charge < -0.3 is 9.47 Å². The number of epoxide rings is 1. The van der Waals surface area contributed by atoms with Crippen molar-refractivity contribution in [3.63, 3.8) is 0 Å². The lowest BCUT2D eigenvalue weighted by Gasteiger charge is -2.57. The fourth-order valence-corrected chi connectivity index (χ4v) is 8.27. The molecule has 0 amide bonds. The molecule has 1 aliphatic heterocycles. The van der Waals surface area contributed by atoms with E-state index in [0.29, 0.717) is 59.9 Å². The number of esters is 1. The Labute approximate surface area is 180 Å². The van der Waals surface area contributed by atoms with Gasteiger partial charge >= 0.3 is 5.97 Å². The van der Waals surface area contributed by atoms with Crippen LogP contribution in [0.5, 0.6) is 0 Å². The average Bonchev–Trinajstić information content (AvgIpc) is 3.42. The molecule has 0 aromatic heterocycles. The third-order valence-corrected chi connectivity index (χ3v) is 9.76. The van der Waals surface area contributed by atoms with E-state index in [1.807, 2.05) is 13.0 Å². The van der Waals surface area contributed by atoms with Crippen LogP contribution in [0.2, 0.25) is 0 Å². The molecule has 4 unspecified atom stereocenters. The summed E-state index contributed by atoms with van der Waals surface area (Å²) < 4.78 is 11.4. The smallest absolute Gasteiger partial charge is 0.330 e. The van der Waals surface area contributed by atoms with Crippen molar-refractivity contribution < 1.29 is 19.1 Å². The highest BCUT2D eigenvalue weighted by atomic mass is 16.6. The van der Waals surface area contributed by atoms with E-state index >= 15 is 0 Å². The van der Waals surface area contributed by atoms with Crippen molar-refractivity contribution >= 4 is 11.8 Å². The lowest BCUT2D eigenvalue weighted by molar-refractivity contribution is -0.137. The van der Waals surface area contributed by atoms with Crippen LogP contribution in [0.1, 0.15) is 66.2 Å². The molecule has 0 N–H and O–H groups in total. The summed E-state index contributed by atoms with van der Waals surface area (Å²) in [7, 11) is 0. The molecule has 5 aliphatic rings. The number of ether oxygens (including phenoxy) is 2. The van der Waals surface area contributed by atoms with Crippen molar-refractivity contribution in [2.45, 2.75) is 78.4 Å². The number of carbonyl (C=O) groups excluding carboxylic acids is 2. The standard InChI is InChI=1S/C26H36O4/c1-5-29-21(28)9-6-15(2)17-7-8-18-22-19(11-13-25(17,18)3)26(4)12-10-16(27)14-20(26)23-24(22)30-23/h6,9,14-15,17-19,22-24H,5,7-8,10-13H2,1-4H3/b9-6+/t15-,17?,18?,19?,22?,23-,24+,25-,26-/m1/s1. The average molecular weight is 413 g/mol. The van der Waals surface area contributed by atoms with E-state index in [9.17, 15) is 9.59 Å². The quantitative estimate of drug-likeness (QED) is 0.375. The summed E-state index contributed by atoms with van der Waals surface area (Å²) in [6.45, 7) is 9.47. The first kappa shape index (κ1) is 20.5. The topological polar surface area (TPSA) is 55.9 Å². The summed E-state index contributed by atoms with van der Waals surface area (Å²) in [6, 6.07) is 0. The summed E-state index contributed by atoms with van der Waals surface area (Å²) in [5, 5.41) is 0. The molecule has 0 radical (unpaired) electrons. The molecule has 4 fully saturated rings. The number of allylic oxidation sites excluding steroid dienone is 1. The minimum Gasteiger partial charge on any atom is -0.463 e. The summed E-state index contributed by atoms with van der Waals surface area (Å²) >= 11 is 0. The van der Waals surface area contributed by atoms with Gasteiger partial charge in [0.15, 0.2) is 5.78 Å². The molecule has 30 heavy (non-hydrogen) atoms. The molecule has 1 saturated heterocycles. The molecule has 0 aromatic rings. The second kappa shape index (κ2) is 7.05. The Hall–Kier alpha value is -1.42. The molecule has 4 aliphatic carbocycles. The maximum atomic E-state index is 12.1. The van der Waals surface area contributed by atoms with Crippen LogP contribution in [0.4, 0.5) is 0 Å². The molecule has 1 heterocycles. The van der Waals surface area contributed by atoms with Crippen molar-refractivity contribution in [1.82, 2.24) is 0 Å². The van der Waals surface area contributed by atoms with Gasteiger partial charge in [0.2, 0.25) is 0 Å². The van der Waals surface area contributed by atoms with Gasteiger partial charge in [-0.15, -0.1) is 0 Å². The van der Waals surface area contributed by atoms with Gasteiger partial charge in [-0.25, -0.2) is 4.79 Å². The van der Waals surface area contributed by atoms with Crippen LogP contribution in [0.15, 0.2) is 23.8 Å². The zero-order valence-corrected chi connectivity index (χ0v) is 18.9. The largest absolute Gasteiger partial charge is 0.463 e. The minimum absolute atomic E-state index is 0.144. The van der Waals surface area contributed by atoms with E-state index in [1.54, 1.807) is 6.08 Å². The molecule has 4 heteroatoms. The molecule has 3 saturated carbocycles. The van der Waals surface area contributed by atoms with Gasteiger partial charge in [-0.3, -0.25) is 4.79 Å². The second-order valence-electron chi connectivity index (χ2n) is 11.0. The van der Waals surface area contributed by atoms with Gasteiger partial charge in [-0.2, -0.15) is 0 Å². The maximum absolute atomic E-state index is 12.1. The first-order chi connectivity index (χ1) is 14.3. The predicted octanol–water partition coefficient (Wildman–Crippen LogP) is 4.88. The molecular formula is C26H36O4. The number of hydrogen-bond acceptors (Lipinski definition) is 4. The zero-order chi connectivity index (χ0) is 21.3. The molecule has 0 bridgehead atoms. The van der Waals surface area contributed by atoms with Gasteiger partial charge in [0.25, 0.3) is 0 Å². The van der Waals surface area contributed by atoms with Gasteiger partial charge in [-0.1, -0.05) is 26.8 Å². The fourth-order valence-electron chi connectivity index (χ4n) is 8.27. The molecule has 0 aromatic carbocycles. The van der Waals surface area contributed by atoms with Crippen LogP contribution < -0.4 is 0 Å². The summed E-state index contributed by atoms with van der Waals surface area (Å²) in [6.07, 6.45) is 12.8. The Morgan fingerprint density at radius 1 is 1.27 bits per heavy atom. The normalized spacial score (nSPS) is 47.6. The Bertz CT molecular complexity index is 812. The van der Waals surface area contributed by atoms with Crippen LogP contribution in [-0.4, -0.2) is 30.6 Å². The highest BCUT2D eigenvalue weighted by Gasteiger charge is 2.69. The number of carbonyl (C=O) groups is 2. The Morgan fingerprint density at radius 3 is 2.83 bits per heavy atom. The molecule has 4 nitrogen and oxygen atoms in total. The van der Waals surface area contributed by atoms with E-state index in [2.05, 4.69) is 26.8 Å². The third kappa shape index (κ3) is 2.89. The Balaban J connectivity index is 1.39. The zero-order valence-electron chi connectivity index (χ0n) is 18.9. The van der Waals surface area contributed by atoms with Crippen molar-refractivity contribution in [2.75, 3.05) is 6.61 Å². The van der Waals surface area contributed by atoms with Crippen molar-refractivity contribution in [1.29, 1.82) is 0 Å². The van der Waals surface area contributed by atoms with Crippen LogP contribution in [0, 0.1) is 40.4 Å². The molecule has 5 rings (SSSR count). The fraction of sp³-hybridized carbons (Fsp3) is 0.769. The van der Waals surface area contributed by atoms with E-state index in [1.165, 1.54) is 31.3 Å². The molecule has 0 spiro atoms. The molecule has 9 atom stereocenters. The molecular weight excluding hydrogens is 376 g/mol. The summed E-state index contributed by atoms with van der Waals surface area (Å²) in [5.41, 5.74) is 1.76. The van der Waals surface area contributed by atoms with Crippen LogP contribution in [0.3, 0.4) is 0 Å². The second-order valence-corrected chi connectivity index (χ2v) is 11.0. The van der Waals surface area contributed by atoms with Gasteiger partial charge in [0.05, 0.1) is 12.7 Å². The third-order valence-electron chi connectivity index (χ3n) is 9.76. The first-order valence-corrected chi connectivity index (χ1v) is 12.0. The van der Waals surface area contributed by atoms with Gasteiger partial charge in [0.1, 0.15) is 6.10 Å². The lowest BCUT2D eigenvalue weighted by atomic mass is 9.46. The maximum Gasteiger partial charge on any atom is 0.330 e. The van der Waals surface area contributed by atoms with Crippen LogP contribution >= 0.6 is 0 Å². The SMILES string of the molecule is CCOC(=O)/C=C/[C@@H](C)C1CCC2C3C(CC[C@@]21C)[C@@]1(C)CCC(=O)C=C1[C@H]1O[C@@H]31. The van der Waals surface area contributed by atoms with E-state index in [4.69, 9.17) is 9.47 Å².